The van der Waals surface area contributed by atoms with Gasteiger partial charge in [-0.25, -0.2) is 0 Å². The van der Waals surface area contributed by atoms with E-state index in [1.54, 1.807) is 6.07 Å². The lowest BCUT2D eigenvalue weighted by Gasteiger charge is -2.18. The number of anilines is 1. The molecule has 0 atom stereocenters. The van der Waals surface area contributed by atoms with Crippen LogP contribution in [0.3, 0.4) is 0 Å². The van der Waals surface area contributed by atoms with E-state index in [9.17, 15) is 13.2 Å². The molecule has 1 aromatic rings. The van der Waals surface area contributed by atoms with E-state index in [2.05, 4.69) is 28.2 Å². The average Bonchev–Trinajstić information content (AvgIpc) is 3.07. The van der Waals surface area contributed by atoms with Gasteiger partial charge in [-0.1, -0.05) is 22.9 Å². The van der Waals surface area contributed by atoms with Crippen LogP contribution in [0, 0.1) is 5.41 Å². The van der Waals surface area contributed by atoms with Crippen molar-refractivity contribution in [3.63, 3.8) is 0 Å². The first-order chi connectivity index (χ1) is 8.36. The van der Waals surface area contributed by atoms with Crippen LogP contribution in [0.15, 0.2) is 22.7 Å². The average molecular weight is 322 g/mol. The van der Waals surface area contributed by atoms with Gasteiger partial charge in [0.15, 0.2) is 0 Å². The van der Waals surface area contributed by atoms with Crippen molar-refractivity contribution in [3.05, 3.63) is 28.2 Å². The van der Waals surface area contributed by atoms with Gasteiger partial charge in [-0.05, 0) is 42.9 Å². The normalized spacial score (nSPS) is 17.6. The fraction of sp³-hybridized carbons (Fsp3) is 0.538. The van der Waals surface area contributed by atoms with Gasteiger partial charge in [0, 0.05) is 16.7 Å². The van der Waals surface area contributed by atoms with E-state index in [4.69, 9.17) is 0 Å². The number of halogens is 4. The summed E-state index contributed by atoms with van der Waals surface area (Å²) in [6.45, 7) is 2.70. The second kappa shape index (κ2) is 4.76. The Balaban J connectivity index is 2.17. The molecule has 0 spiro atoms. The highest BCUT2D eigenvalue weighted by atomic mass is 79.9. The van der Waals surface area contributed by atoms with Gasteiger partial charge in [-0.15, -0.1) is 0 Å². The first-order valence-corrected chi connectivity index (χ1v) is 6.76. The molecule has 2 rings (SSSR count). The van der Waals surface area contributed by atoms with Gasteiger partial charge in [0.05, 0.1) is 5.56 Å². The van der Waals surface area contributed by atoms with Crippen LogP contribution in [0.2, 0.25) is 0 Å². The van der Waals surface area contributed by atoms with Crippen LogP contribution in [0.5, 0.6) is 0 Å². The van der Waals surface area contributed by atoms with Crippen molar-refractivity contribution in [2.24, 2.45) is 5.41 Å². The lowest BCUT2D eigenvalue weighted by molar-refractivity contribution is -0.137. The molecule has 0 aromatic heterocycles. The van der Waals surface area contributed by atoms with Crippen molar-refractivity contribution in [2.45, 2.75) is 32.4 Å². The Morgan fingerprint density at radius 3 is 2.50 bits per heavy atom. The molecule has 0 radical (unpaired) electrons. The number of hydrogen-bond acceptors (Lipinski definition) is 1. The zero-order valence-corrected chi connectivity index (χ0v) is 11.7. The molecule has 5 heteroatoms. The van der Waals surface area contributed by atoms with Crippen LogP contribution in [0.4, 0.5) is 18.9 Å². The van der Waals surface area contributed by atoms with E-state index < -0.39 is 11.7 Å². The molecule has 0 amide bonds. The lowest BCUT2D eigenvalue weighted by Crippen LogP contribution is -2.17. The molecule has 0 aliphatic heterocycles. The van der Waals surface area contributed by atoms with Gasteiger partial charge in [-0.2, -0.15) is 13.2 Å². The van der Waals surface area contributed by atoms with Crippen LogP contribution in [-0.4, -0.2) is 6.54 Å². The summed E-state index contributed by atoms with van der Waals surface area (Å²) in [4.78, 5) is 0. The smallest absolute Gasteiger partial charge is 0.384 e. The van der Waals surface area contributed by atoms with Crippen molar-refractivity contribution in [3.8, 4) is 0 Å². The van der Waals surface area contributed by atoms with E-state index in [1.807, 2.05) is 0 Å². The molecule has 100 valence electrons. The Morgan fingerprint density at radius 1 is 1.33 bits per heavy atom. The van der Waals surface area contributed by atoms with Crippen molar-refractivity contribution in [1.82, 2.24) is 0 Å². The number of alkyl halides is 3. The van der Waals surface area contributed by atoms with Crippen molar-refractivity contribution < 1.29 is 13.2 Å². The molecule has 18 heavy (non-hydrogen) atoms. The molecule has 0 unspecified atom stereocenters. The molecule has 1 saturated carbocycles. The number of benzene rings is 1. The molecule has 1 aliphatic rings. The van der Waals surface area contributed by atoms with Gasteiger partial charge in [0.2, 0.25) is 0 Å². The predicted molar refractivity (Wildman–Crippen MR) is 69.6 cm³/mol. The monoisotopic (exact) mass is 321 g/mol. The molecular formula is C13H15BrF3N. The van der Waals surface area contributed by atoms with E-state index in [0.717, 1.165) is 25.3 Å². The fourth-order valence-corrected chi connectivity index (χ4v) is 2.38. The lowest BCUT2D eigenvalue weighted by atomic mass is 10.0. The SMILES string of the molecule is CCC1(CNc2ccc(Br)cc2C(F)(F)F)CC1. The van der Waals surface area contributed by atoms with E-state index >= 15 is 0 Å². The minimum absolute atomic E-state index is 0.172. The van der Waals surface area contributed by atoms with E-state index in [1.165, 1.54) is 6.07 Å². The summed E-state index contributed by atoms with van der Waals surface area (Å²) in [5.41, 5.74) is -0.218. The third-order valence-corrected chi connectivity index (χ3v) is 4.14. The predicted octanol–water partition coefficient (Wildman–Crippen LogP) is 5.07. The van der Waals surface area contributed by atoms with Crippen molar-refractivity contribution in [1.29, 1.82) is 0 Å². The molecule has 0 saturated heterocycles. The Hall–Kier alpha value is -0.710. The largest absolute Gasteiger partial charge is 0.418 e. The van der Waals surface area contributed by atoms with Crippen molar-refractivity contribution >= 4 is 21.6 Å². The fourth-order valence-electron chi connectivity index (χ4n) is 2.02. The standard InChI is InChI=1S/C13H15BrF3N/c1-2-12(5-6-12)8-18-11-4-3-9(14)7-10(11)13(15,16)17/h3-4,7,18H,2,5-6,8H2,1H3. The summed E-state index contributed by atoms with van der Waals surface area (Å²) in [7, 11) is 0. The highest BCUT2D eigenvalue weighted by molar-refractivity contribution is 9.10. The topological polar surface area (TPSA) is 12.0 Å². The maximum absolute atomic E-state index is 12.9. The number of nitrogens with one attached hydrogen (secondary N) is 1. The Morgan fingerprint density at radius 2 is 2.00 bits per heavy atom. The van der Waals surface area contributed by atoms with Gasteiger partial charge in [-0.3, -0.25) is 0 Å². The zero-order chi connectivity index (χ0) is 13.4. The first-order valence-electron chi connectivity index (χ1n) is 5.97. The summed E-state index contributed by atoms with van der Waals surface area (Å²) >= 11 is 3.08. The zero-order valence-electron chi connectivity index (χ0n) is 10.1. The second-order valence-corrected chi connectivity index (χ2v) is 5.81. The van der Waals surface area contributed by atoms with Gasteiger partial charge in [0.1, 0.15) is 0 Å². The van der Waals surface area contributed by atoms with Crippen LogP contribution < -0.4 is 5.32 Å². The minimum Gasteiger partial charge on any atom is -0.384 e. The summed E-state index contributed by atoms with van der Waals surface area (Å²) in [5, 5.41) is 2.96. The maximum Gasteiger partial charge on any atom is 0.418 e. The van der Waals surface area contributed by atoms with Crippen LogP contribution >= 0.6 is 15.9 Å². The summed E-state index contributed by atoms with van der Waals surface area (Å²) in [6.07, 6.45) is -1.10. The molecule has 1 N–H and O–H groups in total. The molecule has 1 nitrogen and oxygen atoms in total. The quantitative estimate of drug-likeness (QED) is 0.816. The number of hydrogen-bond donors (Lipinski definition) is 1. The minimum atomic E-state index is -4.32. The van der Waals surface area contributed by atoms with Gasteiger partial charge in [0.25, 0.3) is 0 Å². The van der Waals surface area contributed by atoms with Crippen LogP contribution in [0.25, 0.3) is 0 Å². The molecule has 0 bridgehead atoms. The van der Waals surface area contributed by atoms with Gasteiger partial charge < -0.3 is 5.32 Å². The third kappa shape index (κ3) is 2.99. The number of rotatable bonds is 4. The first kappa shape index (κ1) is 13.7. The highest BCUT2D eigenvalue weighted by Crippen LogP contribution is 2.49. The summed E-state index contributed by atoms with van der Waals surface area (Å²) in [6, 6.07) is 4.23. The Bertz CT molecular complexity index is 438. The summed E-state index contributed by atoms with van der Waals surface area (Å²) < 4.78 is 39.1. The molecule has 1 aromatic carbocycles. The summed E-state index contributed by atoms with van der Waals surface area (Å²) in [5.74, 6) is 0. The highest BCUT2D eigenvalue weighted by Gasteiger charge is 2.41. The van der Waals surface area contributed by atoms with Crippen LogP contribution in [-0.2, 0) is 6.18 Å². The second-order valence-electron chi connectivity index (χ2n) is 4.89. The molecule has 1 fully saturated rings. The van der Waals surface area contributed by atoms with Crippen LogP contribution in [0.1, 0.15) is 31.7 Å². The van der Waals surface area contributed by atoms with E-state index in [0.29, 0.717) is 11.0 Å². The van der Waals surface area contributed by atoms with E-state index in [-0.39, 0.29) is 11.1 Å². The molecule has 0 heterocycles. The maximum atomic E-state index is 12.9. The molecular weight excluding hydrogens is 307 g/mol. The third-order valence-electron chi connectivity index (χ3n) is 3.65. The molecule has 1 aliphatic carbocycles. The van der Waals surface area contributed by atoms with Gasteiger partial charge >= 0.3 is 6.18 Å². The van der Waals surface area contributed by atoms with Crippen molar-refractivity contribution in [2.75, 3.05) is 11.9 Å². The Labute approximate surface area is 113 Å². The Kier molecular flexibility index (Phi) is 3.63.